The molecule has 0 saturated heterocycles. The van der Waals surface area contributed by atoms with E-state index < -0.39 is 0 Å². The Kier molecular flexibility index (Phi) is 4.72. The molecule has 1 fully saturated rings. The summed E-state index contributed by atoms with van der Waals surface area (Å²) in [4.78, 5) is 16.1. The van der Waals surface area contributed by atoms with Crippen LogP contribution in [0.2, 0.25) is 0 Å². The predicted molar refractivity (Wildman–Crippen MR) is 72.8 cm³/mol. The Hall–Kier alpha value is -1.19. The summed E-state index contributed by atoms with van der Waals surface area (Å²) in [5, 5.41) is 4.08. The molecule has 19 heavy (non-hydrogen) atoms. The van der Waals surface area contributed by atoms with Gasteiger partial charge in [0.2, 0.25) is 5.89 Å². The number of nitrogens with zero attached hydrogens (tertiary/aromatic N) is 2. The van der Waals surface area contributed by atoms with Crippen LogP contribution in [0.3, 0.4) is 0 Å². The quantitative estimate of drug-likeness (QED) is 0.816. The molecule has 4 nitrogen and oxygen atoms in total. The second kappa shape index (κ2) is 6.31. The first-order chi connectivity index (χ1) is 9.10. The SMILES string of the molecule is CCC1CCCC(c2noc(CC(=O)C(C)C)n2)C1. The van der Waals surface area contributed by atoms with Gasteiger partial charge in [0, 0.05) is 11.8 Å². The lowest BCUT2D eigenvalue weighted by Gasteiger charge is -2.26. The van der Waals surface area contributed by atoms with E-state index in [0.29, 0.717) is 11.8 Å². The van der Waals surface area contributed by atoms with Crippen LogP contribution in [0.5, 0.6) is 0 Å². The minimum atomic E-state index is 0.0227. The second-order valence-electron chi connectivity index (χ2n) is 5.98. The molecule has 1 saturated carbocycles. The van der Waals surface area contributed by atoms with E-state index in [2.05, 4.69) is 17.1 Å². The van der Waals surface area contributed by atoms with Gasteiger partial charge < -0.3 is 4.52 Å². The van der Waals surface area contributed by atoms with Gasteiger partial charge in [0.15, 0.2) is 5.82 Å². The molecule has 0 radical (unpaired) electrons. The van der Waals surface area contributed by atoms with Crippen LogP contribution < -0.4 is 0 Å². The summed E-state index contributed by atoms with van der Waals surface area (Å²) in [6.45, 7) is 6.04. The zero-order valence-corrected chi connectivity index (χ0v) is 12.2. The van der Waals surface area contributed by atoms with Gasteiger partial charge in [-0.2, -0.15) is 4.98 Å². The van der Waals surface area contributed by atoms with Crippen molar-refractivity contribution in [1.82, 2.24) is 10.1 Å². The molecule has 2 rings (SSSR count). The standard InChI is InChI=1S/C15H24N2O2/c1-4-11-6-5-7-12(8-11)15-16-14(19-17-15)9-13(18)10(2)3/h10-12H,4-9H2,1-3H3. The number of hydrogen-bond donors (Lipinski definition) is 0. The first kappa shape index (κ1) is 14.2. The summed E-state index contributed by atoms with van der Waals surface area (Å²) in [6, 6.07) is 0. The summed E-state index contributed by atoms with van der Waals surface area (Å²) in [7, 11) is 0. The monoisotopic (exact) mass is 264 g/mol. The number of aromatic nitrogens is 2. The average molecular weight is 264 g/mol. The highest BCUT2D eigenvalue weighted by molar-refractivity contribution is 5.81. The predicted octanol–water partition coefficient (Wildman–Crippen LogP) is 3.52. The van der Waals surface area contributed by atoms with Crippen molar-refractivity contribution in [3.8, 4) is 0 Å². The Balaban J connectivity index is 1.98. The molecule has 0 aliphatic heterocycles. The molecule has 1 heterocycles. The lowest BCUT2D eigenvalue weighted by Crippen LogP contribution is -2.15. The number of hydrogen-bond acceptors (Lipinski definition) is 4. The fourth-order valence-electron chi connectivity index (χ4n) is 2.76. The van der Waals surface area contributed by atoms with Crippen LogP contribution >= 0.6 is 0 Å². The lowest BCUT2D eigenvalue weighted by atomic mass is 9.80. The smallest absolute Gasteiger partial charge is 0.234 e. The van der Waals surface area contributed by atoms with Gasteiger partial charge in [-0.25, -0.2) is 0 Å². The van der Waals surface area contributed by atoms with Crippen LogP contribution in [0.4, 0.5) is 0 Å². The summed E-state index contributed by atoms with van der Waals surface area (Å²) in [5.74, 6) is 2.68. The minimum absolute atomic E-state index is 0.0227. The number of ketones is 1. The Morgan fingerprint density at radius 1 is 1.42 bits per heavy atom. The molecule has 1 aromatic rings. The van der Waals surface area contributed by atoms with E-state index in [1.165, 1.54) is 19.3 Å². The number of carbonyl (C=O) groups excluding carboxylic acids is 1. The maximum Gasteiger partial charge on any atom is 0.234 e. The normalized spacial score (nSPS) is 23.8. The summed E-state index contributed by atoms with van der Waals surface area (Å²) >= 11 is 0. The van der Waals surface area contributed by atoms with Crippen molar-refractivity contribution in [3.63, 3.8) is 0 Å². The largest absolute Gasteiger partial charge is 0.339 e. The van der Waals surface area contributed by atoms with Crippen LogP contribution in [-0.2, 0) is 11.2 Å². The van der Waals surface area contributed by atoms with E-state index >= 15 is 0 Å². The van der Waals surface area contributed by atoms with Crippen molar-refractivity contribution >= 4 is 5.78 Å². The molecule has 4 heteroatoms. The molecular weight excluding hydrogens is 240 g/mol. The van der Waals surface area contributed by atoms with E-state index in [9.17, 15) is 4.79 Å². The van der Waals surface area contributed by atoms with E-state index in [1.54, 1.807) is 0 Å². The van der Waals surface area contributed by atoms with Crippen LogP contribution in [0.25, 0.3) is 0 Å². The molecule has 0 bridgehead atoms. The maximum absolute atomic E-state index is 11.7. The first-order valence-corrected chi connectivity index (χ1v) is 7.45. The highest BCUT2D eigenvalue weighted by Crippen LogP contribution is 2.36. The van der Waals surface area contributed by atoms with Crippen molar-refractivity contribution in [3.05, 3.63) is 11.7 Å². The van der Waals surface area contributed by atoms with E-state index in [1.807, 2.05) is 13.8 Å². The van der Waals surface area contributed by atoms with Gasteiger partial charge in [0.1, 0.15) is 5.78 Å². The van der Waals surface area contributed by atoms with Crippen molar-refractivity contribution in [2.24, 2.45) is 11.8 Å². The number of Topliss-reactive ketones (excluding diaryl/α,β-unsaturated/α-hetero) is 1. The average Bonchev–Trinajstić information content (AvgIpc) is 2.87. The Morgan fingerprint density at radius 3 is 2.89 bits per heavy atom. The Bertz CT molecular complexity index is 426. The van der Waals surface area contributed by atoms with Crippen molar-refractivity contribution in [2.75, 3.05) is 0 Å². The van der Waals surface area contributed by atoms with Crippen molar-refractivity contribution in [1.29, 1.82) is 0 Å². The molecule has 1 aromatic heterocycles. The van der Waals surface area contributed by atoms with Crippen LogP contribution in [0, 0.1) is 11.8 Å². The third-order valence-corrected chi connectivity index (χ3v) is 4.18. The molecule has 106 valence electrons. The maximum atomic E-state index is 11.7. The van der Waals surface area contributed by atoms with E-state index in [4.69, 9.17) is 4.52 Å². The summed E-state index contributed by atoms with van der Waals surface area (Å²) < 4.78 is 5.23. The van der Waals surface area contributed by atoms with Gasteiger partial charge in [-0.15, -0.1) is 0 Å². The third kappa shape index (κ3) is 3.64. The summed E-state index contributed by atoms with van der Waals surface area (Å²) in [6.07, 6.45) is 6.38. The van der Waals surface area contributed by atoms with Crippen LogP contribution in [-0.4, -0.2) is 15.9 Å². The number of carbonyl (C=O) groups is 1. The van der Waals surface area contributed by atoms with Crippen LogP contribution in [0.1, 0.15) is 70.5 Å². The molecular formula is C15H24N2O2. The van der Waals surface area contributed by atoms with Gasteiger partial charge in [0.25, 0.3) is 0 Å². The fourth-order valence-corrected chi connectivity index (χ4v) is 2.76. The lowest BCUT2D eigenvalue weighted by molar-refractivity contribution is -0.121. The molecule has 0 spiro atoms. The first-order valence-electron chi connectivity index (χ1n) is 7.45. The van der Waals surface area contributed by atoms with Gasteiger partial charge in [-0.05, 0) is 18.8 Å². The van der Waals surface area contributed by atoms with Gasteiger partial charge in [-0.3, -0.25) is 4.79 Å². The highest BCUT2D eigenvalue weighted by atomic mass is 16.5. The van der Waals surface area contributed by atoms with Gasteiger partial charge in [0.05, 0.1) is 6.42 Å². The van der Waals surface area contributed by atoms with E-state index in [-0.39, 0.29) is 18.1 Å². The van der Waals surface area contributed by atoms with E-state index in [0.717, 1.165) is 24.6 Å². The topological polar surface area (TPSA) is 56.0 Å². The fraction of sp³-hybridized carbons (Fsp3) is 0.800. The molecule has 2 atom stereocenters. The molecule has 0 N–H and O–H groups in total. The molecule has 0 aromatic carbocycles. The van der Waals surface area contributed by atoms with Crippen molar-refractivity contribution < 1.29 is 9.32 Å². The summed E-state index contributed by atoms with van der Waals surface area (Å²) in [5.41, 5.74) is 0. The number of rotatable bonds is 5. The highest BCUT2D eigenvalue weighted by Gasteiger charge is 2.26. The van der Waals surface area contributed by atoms with Crippen molar-refractivity contribution in [2.45, 2.75) is 65.2 Å². The second-order valence-corrected chi connectivity index (χ2v) is 5.98. The Labute approximate surface area is 115 Å². The van der Waals surface area contributed by atoms with Gasteiger partial charge in [-0.1, -0.05) is 45.2 Å². The minimum Gasteiger partial charge on any atom is -0.339 e. The zero-order valence-electron chi connectivity index (χ0n) is 12.2. The molecule has 0 amide bonds. The third-order valence-electron chi connectivity index (χ3n) is 4.18. The molecule has 2 unspecified atom stereocenters. The van der Waals surface area contributed by atoms with Gasteiger partial charge >= 0.3 is 0 Å². The van der Waals surface area contributed by atoms with Crippen LogP contribution in [0.15, 0.2) is 4.52 Å². The Morgan fingerprint density at radius 2 is 2.21 bits per heavy atom. The molecule has 1 aliphatic carbocycles. The zero-order chi connectivity index (χ0) is 13.8. The molecule has 1 aliphatic rings.